The molecule has 0 bridgehead atoms. The molecule has 0 unspecified atom stereocenters. The van der Waals surface area contributed by atoms with Gasteiger partial charge >= 0.3 is 0 Å². The van der Waals surface area contributed by atoms with E-state index in [-0.39, 0.29) is 5.41 Å². The topological polar surface area (TPSA) is 52.3 Å². The molecule has 6 heteroatoms. The maximum Gasteiger partial charge on any atom is 0.234 e. The summed E-state index contributed by atoms with van der Waals surface area (Å²) in [5.74, 6) is 1.73. The lowest BCUT2D eigenvalue weighted by Gasteiger charge is -2.13. The Morgan fingerprint density at radius 1 is 1.09 bits per heavy atom. The smallest absolute Gasteiger partial charge is 0.234 e. The molecule has 2 aromatic heterocycles. The first-order chi connectivity index (χ1) is 10.5. The van der Waals surface area contributed by atoms with Crippen LogP contribution in [0.1, 0.15) is 37.2 Å². The fourth-order valence-corrected chi connectivity index (χ4v) is 2.79. The molecule has 3 rings (SSSR count). The van der Waals surface area contributed by atoms with Crippen molar-refractivity contribution in [2.75, 3.05) is 7.11 Å². The van der Waals surface area contributed by atoms with Crippen molar-refractivity contribution < 1.29 is 4.74 Å². The van der Waals surface area contributed by atoms with Crippen LogP contribution in [0.25, 0.3) is 17.1 Å². The molecular formula is C16H18N4OS. The summed E-state index contributed by atoms with van der Waals surface area (Å²) in [7, 11) is 1.66. The number of nitrogens with zero attached hydrogens (tertiary/aromatic N) is 4. The van der Waals surface area contributed by atoms with Gasteiger partial charge in [0.1, 0.15) is 10.8 Å². The predicted octanol–water partition coefficient (Wildman–Crippen LogP) is 3.66. The highest BCUT2D eigenvalue weighted by Gasteiger charge is 2.22. The highest BCUT2D eigenvalue weighted by molar-refractivity contribution is 7.17. The van der Waals surface area contributed by atoms with Crippen LogP contribution in [0.5, 0.6) is 5.75 Å². The molecule has 0 spiro atoms. The first-order valence-corrected chi connectivity index (χ1v) is 7.84. The van der Waals surface area contributed by atoms with Crippen LogP contribution in [0.3, 0.4) is 0 Å². The lowest BCUT2D eigenvalue weighted by atomic mass is 9.96. The van der Waals surface area contributed by atoms with Gasteiger partial charge in [0.25, 0.3) is 0 Å². The number of aromatic nitrogens is 4. The summed E-state index contributed by atoms with van der Waals surface area (Å²) >= 11 is 1.53. The Labute approximate surface area is 133 Å². The molecule has 0 aliphatic rings. The van der Waals surface area contributed by atoms with Gasteiger partial charge in [-0.2, -0.15) is 9.61 Å². The lowest BCUT2D eigenvalue weighted by molar-refractivity contribution is 0.415. The van der Waals surface area contributed by atoms with Gasteiger partial charge in [0.15, 0.2) is 5.82 Å². The first kappa shape index (κ1) is 14.7. The Kier molecular flexibility index (Phi) is 3.70. The molecule has 5 nitrogen and oxygen atoms in total. The summed E-state index contributed by atoms with van der Waals surface area (Å²) in [6.45, 7) is 6.32. The maximum absolute atomic E-state index is 5.15. The molecule has 22 heavy (non-hydrogen) atoms. The maximum atomic E-state index is 5.15. The minimum absolute atomic E-state index is 0.0789. The van der Waals surface area contributed by atoms with E-state index in [0.717, 1.165) is 27.1 Å². The Bertz CT molecular complexity index is 809. The molecule has 0 saturated carbocycles. The van der Waals surface area contributed by atoms with Crippen molar-refractivity contribution in [3.05, 3.63) is 40.7 Å². The van der Waals surface area contributed by atoms with Crippen LogP contribution < -0.4 is 4.74 Å². The SMILES string of the molecule is COc1ccc(/C=C/c2nn3c(C(C)(C)C)nnc3s2)cc1. The van der Waals surface area contributed by atoms with Crippen molar-refractivity contribution in [2.24, 2.45) is 0 Å². The molecule has 0 aliphatic heterocycles. The average Bonchev–Trinajstić information content (AvgIpc) is 3.04. The number of fused-ring (bicyclic) bond motifs is 1. The monoisotopic (exact) mass is 314 g/mol. The number of hydrogen-bond donors (Lipinski definition) is 0. The van der Waals surface area contributed by atoms with Gasteiger partial charge in [0.2, 0.25) is 4.96 Å². The molecule has 0 N–H and O–H groups in total. The van der Waals surface area contributed by atoms with E-state index >= 15 is 0 Å². The molecule has 0 saturated heterocycles. The van der Waals surface area contributed by atoms with Gasteiger partial charge in [-0.15, -0.1) is 10.2 Å². The van der Waals surface area contributed by atoms with Crippen LogP contribution >= 0.6 is 11.3 Å². The molecule has 114 valence electrons. The predicted molar refractivity (Wildman–Crippen MR) is 89.3 cm³/mol. The van der Waals surface area contributed by atoms with Crippen LogP contribution in [0, 0.1) is 0 Å². The van der Waals surface area contributed by atoms with Crippen molar-refractivity contribution in [1.29, 1.82) is 0 Å². The Hall–Kier alpha value is -2.21. The van der Waals surface area contributed by atoms with Gasteiger partial charge in [-0.1, -0.05) is 50.3 Å². The second kappa shape index (κ2) is 5.53. The highest BCUT2D eigenvalue weighted by atomic mass is 32.1. The summed E-state index contributed by atoms with van der Waals surface area (Å²) in [6.07, 6.45) is 4.02. The molecule has 0 radical (unpaired) electrons. The van der Waals surface area contributed by atoms with Crippen molar-refractivity contribution in [3.8, 4) is 5.75 Å². The van der Waals surface area contributed by atoms with Crippen LogP contribution in [0.2, 0.25) is 0 Å². The fourth-order valence-electron chi connectivity index (χ4n) is 2.05. The molecule has 0 aliphatic carbocycles. The molecule has 1 aromatic carbocycles. The number of rotatable bonds is 3. The van der Waals surface area contributed by atoms with E-state index in [4.69, 9.17) is 4.74 Å². The minimum Gasteiger partial charge on any atom is -0.497 e. The van der Waals surface area contributed by atoms with Crippen molar-refractivity contribution in [2.45, 2.75) is 26.2 Å². The number of benzene rings is 1. The van der Waals surface area contributed by atoms with Crippen LogP contribution in [-0.2, 0) is 5.41 Å². The molecule has 0 fully saturated rings. The Morgan fingerprint density at radius 3 is 2.45 bits per heavy atom. The number of ether oxygens (including phenoxy) is 1. The summed E-state index contributed by atoms with van der Waals surface area (Å²) in [5.41, 5.74) is 1.02. The number of methoxy groups -OCH3 is 1. The zero-order valence-electron chi connectivity index (χ0n) is 13.1. The first-order valence-electron chi connectivity index (χ1n) is 7.02. The molecule has 0 amide bonds. The third-order valence-electron chi connectivity index (χ3n) is 3.21. The third kappa shape index (κ3) is 2.87. The zero-order valence-corrected chi connectivity index (χ0v) is 13.9. The molecule has 3 aromatic rings. The largest absolute Gasteiger partial charge is 0.497 e. The molecule has 0 atom stereocenters. The van der Waals surface area contributed by atoms with E-state index in [1.54, 1.807) is 7.11 Å². The second-order valence-corrected chi connectivity index (χ2v) is 7.00. The average molecular weight is 314 g/mol. The van der Waals surface area contributed by atoms with Crippen molar-refractivity contribution >= 4 is 28.4 Å². The van der Waals surface area contributed by atoms with Crippen LogP contribution in [0.15, 0.2) is 24.3 Å². The van der Waals surface area contributed by atoms with Gasteiger partial charge < -0.3 is 4.74 Å². The molecule has 2 heterocycles. The van der Waals surface area contributed by atoms with Crippen LogP contribution in [-0.4, -0.2) is 26.9 Å². The highest BCUT2D eigenvalue weighted by Crippen LogP contribution is 2.24. The van der Waals surface area contributed by atoms with Gasteiger partial charge in [0.05, 0.1) is 7.11 Å². The summed E-state index contributed by atoms with van der Waals surface area (Å²) in [5, 5.41) is 13.9. The van der Waals surface area contributed by atoms with Gasteiger partial charge in [0, 0.05) is 5.41 Å². The van der Waals surface area contributed by atoms with Gasteiger partial charge in [-0.3, -0.25) is 0 Å². The second-order valence-electron chi connectivity index (χ2n) is 6.01. The van der Waals surface area contributed by atoms with E-state index in [9.17, 15) is 0 Å². The van der Waals surface area contributed by atoms with E-state index < -0.39 is 0 Å². The van der Waals surface area contributed by atoms with Crippen LogP contribution in [0.4, 0.5) is 0 Å². The van der Waals surface area contributed by atoms with Crippen molar-refractivity contribution in [3.63, 3.8) is 0 Å². The van der Waals surface area contributed by atoms with E-state index in [1.807, 2.05) is 40.9 Å². The minimum atomic E-state index is -0.0789. The zero-order chi connectivity index (χ0) is 15.7. The third-order valence-corrected chi connectivity index (χ3v) is 4.08. The van der Waals surface area contributed by atoms with Gasteiger partial charge in [-0.05, 0) is 23.8 Å². The molecular weight excluding hydrogens is 296 g/mol. The summed E-state index contributed by atoms with van der Waals surface area (Å²) in [6, 6.07) is 7.90. The van der Waals surface area contributed by atoms with Crippen molar-refractivity contribution in [1.82, 2.24) is 19.8 Å². The Balaban J connectivity index is 1.87. The van der Waals surface area contributed by atoms with E-state index in [2.05, 4.69) is 36.1 Å². The normalized spacial score (nSPS) is 12.4. The number of hydrogen-bond acceptors (Lipinski definition) is 5. The quantitative estimate of drug-likeness (QED) is 0.740. The standard InChI is InChI=1S/C16H18N4OS/c1-16(2,3)14-17-18-15-20(14)19-13(22-15)10-7-11-5-8-12(21-4)9-6-11/h5-10H,1-4H3/b10-7+. The van der Waals surface area contributed by atoms with E-state index in [1.165, 1.54) is 11.3 Å². The lowest BCUT2D eigenvalue weighted by Crippen LogP contribution is -2.16. The summed E-state index contributed by atoms with van der Waals surface area (Å²) < 4.78 is 6.99. The van der Waals surface area contributed by atoms with Gasteiger partial charge in [-0.25, -0.2) is 0 Å². The van der Waals surface area contributed by atoms with E-state index in [0.29, 0.717) is 0 Å². The fraction of sp³-hybridized carbons (Fsp3) is 0.312. The Morgan fingerprint density at radius 2 is 1.82 bits per heavy atom. The summed E-state index contributed by atoms with van der Waals surface area (Å²) in [4.78, 5) is 0.819.